The molecule has 0 bridgehead atoms. The average Bonchev–Trinajstić information content (AvgIpc) is 3.00. The van der Waals surface area contributed by atoms with Gasteiger partial charge in [0.25, 0.3) is 5.91 Å². The zero-order valence-electron chi connectivity index (χ0n) is 13.2. The van der Waals surface area contributed by atoms with Crippen molar-refractivity contribution >= 4 is 21.8 Å². The van der Waals surface area contributed by atoms with Crippen molar-refractivity contribution in [2.24, 2.45) is 0 Å². The van der Waals surface area contributed by atoms with Crippen molar-refractivity contribution in [2.45, 2.75) is 32.2 Å². The standard InChI is InChI=1S/C17H21BrN4O/c1-2-16-15(17(23)21-13-4-3-9-19-10-13)11-20-22(16)14-7-5-12(18)6-8-14/h5-8,11,13,19H,2-4,9-10H2,1H3,(H,21,23). The van der Waals surface area contributed by atoms with E-state index in [-0.39, 0.29) is 11.9 Å². The van der Waals surface area contributed by atoms with Crippen LogP contribution in [-0.4, -0.2) is 34.8 Å². The van der Waals surface area contributed by atoms with Crippen LogP contribution in [0.2, 0.25) is 0 Å². The molecule has 2 N–H and O–H groups in total. The first-order chi connectivity index (χ1) is 11.2. The molecule has 5 nitrogen and oxygen atoms in total. The van der Waals surface area contributed by atoms with Gasteiger partial charge >= 0.3 is 0 Å². The van der Waals surface area contributed by atoms with E-state index >= 15 is 0 Å². The highest BCUT2D eigenvalue weighted by Crippen LogP contribution is 2.18. The molecule has 1 saturated heterocycles. The number of carbonyl (C=O) groups excluding carboxylic acids is 1. The lowest BCUT2D eigenvalue weighted by molar-refractivity contribution is 0.0929. The third-order valence-electron chi connectivity index (χ3n) is 4.15. The summed E-state index contributed by atoms with van der Waals surface area (Å²) < 4.78 is 2.87. The van der Waals surface area contributed by atoms with Crippen molar-refractivity contribution in [3.05, 3.63) is 46.2 Å². The Hall–Kier alpha value is -1.66. The third kappa shape index (κ3) is 3.64. The van der Waals surface area contributed by atoms with E-state index in [0.717, 1.165) is 48.2 Å². The number of halogens is 1. The third-order valence-corrected chi connectivity index (χ3v) is 4.68. The van der Waals surface area contributed by atoms with Crippen molar-refractivity contribution < 1.29 is 4.79 Å². The lowest BCUT2D eigenvalue weighted by Gasteiger charge is -2.23. The second-order valence-electron chi connectivity index (χ2n) is 5.76. The highest BCUT2D eigenvalue weighted by atomic mass is 79.9. The molecule has 2 heterocycles. The summed E-state index contributed by atoms with van der Waals surface area (Å²) in [5.41, 5.74) is 2.57. The first-order valence-corrected chi connectivity index (χ1v) is 8.82. The molecule has 1 fully saturated rings. The number of nitrogens with one attached hydrogen (secondary N) is 2. The molecule has 23 heavy (non-hydrogen) atoms. The second-order valence-corrected chi connectivity index (χ2v) is 6.68. The molecule has 1 aromatic carbocycles. The van der Waals surface area contributed by atoms with Gasteiger partial charge in [0.2, 0.25) is 0 Å². The van der Waals surface area contributed by atoms with Gasteiger partial charge < -0.3 is 10.6 Å². The number of rotatable bonds is 4. The number of nitrogens with zero attached hydrogens (tertiary/aromatic N) is 2. The van der Waals surface area contributed by atoms with Gasteiger partial charge in [0.15, 0.2) is 0 Å². The van der Waals surface area contributed by atoms with Gasteiger partial charge in [-0.3, -0.25) is 4.79 Å². The van der Waals surface area contributed by atoms with Crippen LogP contribution in [0.3, 0.4) is 0 Å². The van der Waals surface area contributed by atoms with Crippen LogP contribution >= 0.6 is 15.9 Å². The number of hydrogen-bond acceptors (Lipinski definition) is 3. The highest BCUT2D eigenvalue weighted by molar-refractivity contribution is 9.10. The molecule has 0 spiro atoms. The summed E-state index contributed by atoms with van der Waals surface area (Å²) in [6.07, 6.45) is 4.55. The van der Waals surface area contributed by atoms with E-state index < -0.39 is 0 Å². The van der Waals surface area contributed by atoms with Gasteiger partial charge in [0.1, 0.15) is 0 Å². The molecule has 1 aliphatic heterocycles. The smallest absolute Gasteiger partial charge is 0.255 e. The fourth-order valence-corrected chi connectivity index (χ4v) is 3.21. The first kappa shape index (κ1) is 16.2. The van der Waals surface area contributed by atoms with Gasteiger partial charge in [0.05, 0.1) is 23.1 Å². The quantitative estimate of drug-likeness (QED) is 0.862. The van der Waals surface area contributed by atoms with Crippen LogP contribution < -0.4 is 10.6 Å². The molecule has 1 amide bonds. The van der Waals surface area contributed by atoms with Crippen molar-refractivity contribution in [1.82, 2.24) is 20.4 Å². The average molecular weight is 377 g/mol. The number of benzene rings is 1. The Balaban J connectivity index is 1.82. The predicted octanol–water partition coefficient (Wildman–Crippen LogP) is 2.68. The van der Waals surface area contributed by atoms with Gasteiger partial charge in [-0.2, -0.15) is 5.10 Å². The van der Waals surface area contributed by atoms with Crippen LogP contribution in [0.15, 0.2) is 34.9 Å². The zero-order valence-corrected chi connectivity index (χ0v) is 14.8. The zero-order chi connectivity index (χ0) is 16.2. The highest BCUT2D eigenvalue weighted by Gasteiger charge is 2.21. The summed E-state index contributed by atoms with van der Waals surface area (Å²) >= 11 is 3.44. The van der Waals surface area contributed by atoms with Crippen molar-refractivity contribution in [1.29, 1.82) is 0 Å². The van der Waals surface area contributed by atoms with Crippen LogP contribution in [0.25, 0.3) is 5.69 Å². The van der Waals surface area contributed by atoms with E-state index in [1.807, 2.05) is 35.9 Å². The minimum atomic E-state index is -0.0288. The van der Waals surface area contributed by atoms with Crippen LogP contribution in [0.4, 0.5) is 0 Å². The molecule has 0 radical (unpaired) electrons. The van der Waals surface area contributed by atoms with Crippen LogP contribution in [-0.2, 0) is 6.42 Å². The number of hydrogen-bond donors (Lipinski definition) is 2. The molecule has 1 aliphatic rings. The van der Waals surface area contributed by atoms with E-state index in [0.29, 0.717) is 5.56 Å². The van der Waals surface area contributed by atoms with Crippen LogP contribution in [0.1, 0.15) is 35.8 Å². The van der Waals surface area contributed by atoms with Crippen LogP contribution in [0.5, 0.6) is 0 Å². The summed E-state index contributed by atoms with van der Waals surface area (Å²) in [6, 6.07) is 8.14. The molecular weight excluding hydrogens is 356 g/mol. The maximum Gasteiger partial charge on any atom is 0.255 e. The molecule has 0 aliphatic carbocycles. The van der Waals surface area contributed by atoms with E-state index in [2.05, 4.69) is 31.7 Å². The summed E-state index contributed by atoms with van der Waals surface area (Å²) in [7, 11) is 0. The maximum atomic E-state index is 12.6. The number of amides is 1. The van der Waals surface area contributed by atoms with Gasteiger partial charge in [-0.25, -0.2) is 4.68 Å². The largest absolute Gasteiger partial charge is 0.348 e. The normalized spacial score (nSPS) is 17.9. The molecule has 1 atom stereocenters. The molecule has 6 heteroatoms. The van der Waals surface area contributed by atoms with E-state index in [9.17, 15) is 4.79 Å². The number of aromatic nitrogens is 2. The second kappa shape index (κ2) is 7.27. The van der Waals surface area contributed by atoms with E-state index in [4.69, 9.17) is 0 Å². The summed E-state index contributed by atoms with van der Waals surface area (Å²) in [6.45, 7) is 3.92. The fourth-order valence-electron chi connectivity index (χ4n) is 2.95. The predicted molar refractivity (Wildman–Crippen MR) is 94.0 cm³/mol. The molecule has 3 rings (SSSR count). The SMILES string of the molecule is CCc1c(C(=O)NC2CCCNC2)cnn1-c1ccc(Br)cc1. The molecule has 1 unspecified atom stereocenters. The van der Waals surface area contributed by atoms with Gasteiger partial charge in [0, 0.05) is 17.1 Å². The van der Waals surface area contributed by atoms with Crippen molar-refractivity contribution in [3.63, 3.8) is 0 Å². The molecule has 0 saturated carbocycles. The van der Waals surface area contributed by atoms with Crippen LogP contribution in [0, 0.1) is 0 Å². The van der Waals surface area contributed by atoms with Gasteiger partial charge in [-0.1, -0.05) is 22.9 Å². The van der Waals surface area contributed by atoms with E-state index in [1.54, 1.807) is 6.20 Å². The molecular formula is C17H21BrN4O. The summed E-state index contributed by atoms with van der Waals surface area (Å²) in [4.78, 5) is 12.6. The lowest BCUT2D eigenvalue weighted by Crippen LogP contribution is -2.45. The van der Waals surface area contributed by atoms with Gasteiger partial charge in [-0.05, 0) is 50.1 Å². The van der Waals surface area contributed by atoms with E-state index in [1.165, 1.54) is 0 Å². The minimum Gasteiger partial charge on any atom is -0.348 e. The Labute approximate surface area is 144 Å². The topological polar surface area (TPSA) is 59.0 Å². The Morgan fingerprint density at radius 2 is 2.22 bits per heavy atom. The monoisotopic (exact) mass is 376 g/mol. The Kier molecular flexibility index (Phi) is 5.13. The summed E-state index contributed by atoms with van der Waals surface area (Å²) in [5, 5.41) is 10.9. The summed E-state index contributed by atoms with van der Waals surface area (Å²) in [5.74, 6) is -0.0288. The Bertz CT molecular complexity index is 674. The molecule has 122 valence electrons. The van der Waals surface area contributed by atoms with Crippen molar-refractivity contribution in [2.75, 3.05) is 13.1 Å². The van der Waals surface area contributed by atoms with Crippen molar-refractivity contribution in [3.8, 4) is 5.69 Å². The van der Waals surface area contributed by atoms with Gasteiger partial charge in [-0.15, -0.1) is 0 Å². The number of piperidine rings is 1. The maximum absolute atomic E-state index is 12.6. The fraction of sp³-hybridized carbons (Fsp3) is 0.412. The lowest BCUT2D eigenvalue weighted by atomic mass is 10.1. The molecule has 1 aromatic heterocycles. The molecule has 2 aromatic rings. The minimum absolute atomic E-state index is 0.0288. The Morgan fingerprint density at radius 1 is 1.43 bits per heavy atom. The Morgan fingerprint density at radius 3 is 2.87 bits per heavy atom. The first-order valence-electron chi connectivity index (χ1n) is 8.03. The number of carbonyl (C=O) groups is 1.